The first-order valence-electron chi connectivity index (χ1n) is 10.2. The molecule has 3 aromatic rings. The molecule has 3 nitrogen and oxygen atoms in total. The van der Waals surface area contributed by atoms with Gasteiger partial charge >= 0.3 is 0 Å². The molecule has 2 unspecified atom stereocenters. The molecule has 1 aliphatic carbocycles. The van der Waals surface area contributed by atoms with E-state index < -0.39 is 11.6 Å². The highest BCUT2D eigenvalue weighted by atomic mass is 32.1. The van der Waals surface area contributed by atoms with Crippen LogP contribution >= 0.6 is 11.3 Å². The topological polar surface area (TPSA) is 25.4 Å². The Kier molecular flexibility index (Phi) is 5.00. The van der Waals surface area contributed by atoms with Crippen LogP contribution in [0.25, 0.3) is 10.2 Å². The van der Waals surface area contributed by atoms with Gasteiger partial charge in [0.25, 0.3) is 0 Å². The molecule has 29 heavy (non-hydrogen) atoms. The lowest BCUT2D eigenvalue weighted by Crippen LogP contribution is -2.39. The second-order valence-electron chi connectivity index (χ2n) is 8.49. The summed E-state index contributed by atoms with van der Waals surface area (Å²) < 4.78 is 33.9. The molecule has 0 bridgehead atoms. The number of benzene rings is 2. The van der Waals surface area contributed by atoms with E-state index in [-0.39, 0.29) is 5.41 Å². The van der Waals surface area contributed by atoms with Crippen LogP contribution in [0.4, 0.5) is 8.78 Å². The summed E-state index contributed by atoms with van der Waals surface area (Å²) in [6.45, 7) is 3.52. The Balaban J connectivity index is 1.30. The highest BCUT2D eigenvalue weighted by molar-refractivity contribution is 7.16. The maximum atomic E-state index is 13.5. The van der Waals surface area contributed by atoms with Gasteiger partial charge in [-0.3, -0.25) is 4.90 Å². The fourth-order valence-electron chi connectivity index (χ4n) is 5.10. The quantitative estimate of drug-likeness (QED) is 0.540. The summed E-state index contributed by atoms with van der Waals surface area (Å²) in [4.78, 5) is 6.96. The van der Waals surface area contributed by atoms with Gasteiger partial charge in [-0.05, 0) is 48.6 Å². The molecule has 1 aromatic heterocycles. The van der Waals surface area contributed by atoms with Gasteiger partial charge in [0.1, 0.15) is 5.75 Å². The van der Waals surface area contributed by atoms with Crippen molar-refractivity contribution in [3.05, 3.63) is 59.1 Å². The molecule has 0 radical (unpaired) electrons. The van der Waals surface area contributed by atoms with Crippen LogP contribution in [0.5, 0.6) is 5.75 Å². The highest BCUT2D eigenvalue weighted by Crippen LogP contribution is 2.47. The standard InChI is InChI=1S/C23H24F2N2OS/c24-19-6-5-18(10-20(19)25)28-14-23-8-2-1-3-17(23)12-27(13-23)11-16-4-7-22-21(9-16)26-15-29-22/h4-7,9-10,15,17H,1-3,8,11-14H2. The van der Waals surface area contributed by atoms with Crippen molar-refractivity contribution in [3.8, 4) is 5.75 Å². The SMILES string of the molecule is Fc1ccc(OCC23CCCCC2CN(Cc2ccc4scnc4c2)C3)cc1F. The molecule has 6 heteroatoms. The second-order valence-corrected chi connectivity index (χ2v) is 9.38. The van der Waals surface area contributed by atoms with Crippen molar-refractivity contribution in [1.82, 2.24) is 9.88 Å². The lowest BCUT2D eigenvalue weighted by Gasteiger charge is -2.38. The third-order valence-corrected chi connectivity index (χ3v) is 7.39. The molecule has 2 fully saturated rings. The Labute approximate surface area is 173 Å². The number of rotatable bonds is 5. The van der Waals surface area contributed by atoms with Crippen LogP contribution in [0.3, 0.4) is 0 Å². The predicted octanol–water partition coefficient (Wildman–Crippen LogP) is 5.65. The van der Waals surface area contributed by atoms with Crippen molar-refractivity contribution in [3.63, 3.8) is 0 Å². The minimum atomic E-state index is -0.856. The first-order chi connectivity index (χ1) is 14.1. The zero-order chi connectivity index (χ0) is 19.8. The van der Waals surface area contributed by atoms with Gasteiger partial charge in [0, 0.05) is 31.1 Å². The number of hydrogen-bond donors (Lipinski definition) is 0. The number of thiazole rings is 1. The van der Waals surface area contributed by atoms with Gasteiger partial charge < -0.3 is 4.74 Å². The lowest BCUT2D eigenvalue weighted by atomic mass is 9.69. The van der Waals surface area contributed by atoms with E-state index in [0.717, 1.165) is 43.7 Å². The first kappa shape index (κ1) is 18.9. The van der Waals surface area contributed by atoms with Gasteiger partial charge in [-0.2, -0.15) is 0 Å². The fraction of sp³-hybridized carbons (Fsp3) is 0.435. The monoisotopic (exact) mass is 414 g/mol. The lowest BCUT2D eigenvalue weighted by molar-refractivity contribution is 0.0706. The summed E-state index contributed by atoms with van der Waals surface area (Å²) in [7, 11) is 0. The Morgan fingerprint density at radius 3 is 2.97 bits per heavy atom. The number of fused-ring (bicyclic) bond motifs is 2. The number of hydrogen-bond acceptors (Lipinski definition) is 4. The highest BCUT2D eigenvalue weighted by Gasteiger charge is 2.48. The van der Waals surface area contributed by atoms with E-state index in [4.69, 9.17) is 4.74 Å². The zero-order valence-corrected chi connectivity index (χ0v) is 17.1. The zero-order valence-electron chi connectivity index (χ0n) is 16.2. The van der Waals surface area contributed by atoms with Crippen molar-refractivity contribution in [2.45, 2.75) is 32.2 Å². The Hall–Kier alpha value is -2.05. The molecule has 2 atom stereocenters. The van der Waals surface area contributed by atoms with E-state index in [0.29, 0.717) is 18.3 Å². The smallest absolute Gasteiger partial charge is 0.162 e. The van der Waals surface area contributed by atoms with Crippen LogP contribution < -0.4 is 4.74 Å². The van der Waals surface area contributed by atoms with Crippen LogP contribution in [0.2, 0.25) is 0 Å². The fourth-order valence-corrected chi connectivity index (χ4v) is 5.76. The summed E-state index contributed by atoms with van der Waals surface area (Å²) in [5, 5.41) is 0. The molecule has 2 heterocycles. The van der Waals surface area contributed by atoms with Crippen LogP contribution in [-0.2, 0) is 6.54 Å². The van der Waals surface area contributed by atoms with E-state index in [1.807, 2.05) is 5.51 Å². The van der Waals surface area contributed by atoms with Gasteiger partial charge in [0.05, 0.1) is 22.3 Å². The summed E-state index contributed by atoms with van der Waals surface area (Å²) in [6, 6.07) is 10.4. The molecule has 1 aliphatic heterocycles. The van der Waals surface area contributed by atoms with Crippen LogP contribution in [0.1, 0.15) is 31.2 Å². The molecule has 0 N–H and O–H groups in total. The summed E-state index contributed by atoms with van der Waals surface area (Å²) in [5.41, 5.74) is 4.34. The molecule has 0 spiro atoms. The van der Waals surface area contributed by atoms with E-state index in [2.05, 4.69) is 28.1 Å². The van der Waals surface area contributed by atoms with Gasteiger partial charge in [-0.15, -0.1) is 11.3 Å². The minimum Gasteiger partial charge on any atom is -0.493 e. The third kappa shape index (κ3) is 3.76. The van der Waals surface area contributed by atoms with E-state index in [1.54, 1.807) is 11.3 Å². The van der Waals surface area contributed by atoms with Crippen LogP contribution in [0.15, 0.2) is 41.9 Å². The molecule has 152 valence electrons. The Bertz CT molecular complexity index is 1020. The Morgan fingerprint density at radius 2 is 2.07 bits per heavy atom. The van der Waals surface area contributed by atoms with Crippen molar-refractivity contribution in [2.75, 3.05) is 19.7 Å². The van der Waals surface area contributed by atoms with E-state index in [1.165, 1.54) is 35.6 Å². The van der Waals surface area contributed by atoms with Crippen LogP contribution in [0, 0.1) is 23.0 Å². The average Bonchev–Trinajstić information content (AvgIpc) is 3.32. The van der Waals surface area contributed by atoms with E-state index >= 15 is 0 Å². The summed E-state index contributed by atoms with van der Waals surface area (Å²) in [6.07, 6.45) is 4.80. The average molecular weight is 415 g/mol. The maximum absolute atomic E-state index is 13.5. The number of nitrogens with zero attached hydrogens (tertiary/aromatic N) is 2. The van der Waals surface area contributed by atoms with Crippen molar-refractivity contribution in [1.29, 1.82) is 0 Å². The first-order valence-corrected chi connectivity index (χ1v) is 11.1. The van der Waals surface area contributed by atoms with Gasteiger partial charge in [-0.25, -0.2) is 13.8 Å². The molecular weight excluding hydrogens is 390 g/mol. The Morgan fingerprint density at radius 1 is 1.14 bits per heavy atom. The molecule has 1 saturated heterocycles. The van der Waals surface area contributed by atoms with Gasteiger partial charge in [0.15, 0.2) is 11.6 Å². The summed E-state index contributed by atoms with van der Waals surface area (Å²) in [5.74, 6) is -0.694. The third-order valence-electron chi connectivity index (χ3n) is 6.58. The number of ether oxygens (including phenoxy) is 1. The molecule has 2 aromatic carbocycles. The number of aromatic nitrogens is 1. The van der Waals surface area contributed by atoms with Crippen LogP contribution in [-0.4, -0.2) is 29.6 Å². The van der Waals surface area contributed by atoms with Crippen molar-refractivity contribution < 1.29 is 13.5 Å². The second kappa shape index (κ2) is 7.65. The number of likely N-dealkylation sites (tertiary alicyclic amines) is 1. The molecule has 5 rings (SSSR count). The molecular formula is C23H24F2N2OS. The molecule has 0 amide bonds. The van der Waals surface area contributed by atoms with Gasteiger partial charge in [-0.1, -0.05) is 18.9 Å². The predicted molar refractivity (Wildman–Crippen MR) is 111 cm³/mol. The minimum absolute atomic E-state index is 0.0911. The van der Waals surface area contributed by atoms with Gasteiger partial charge in [0.2, 0.25) is 0 Å². The van der Waals surface area contributed by atoms with E-state index in [9.17, 15) is 8.78 Å². The van der Waals surface area contributed by atoms with Crippen molar-refractivity contribution >= 4 is 21.6 Å². The molecule has 2 aliphatic rings. The molecule has 1 saturated carbocycles. The largest absolute Gasteiger partial charge is 0.493 e. The maximum Gasteiger partial charge on any atom is 0.162 e. The summed E-state index contributed by atoms with van der Waals surface area (Å²) >= 11 is 1.67. The van der Waals surface area contributed by atoms with Crippen molar-refractivity contribution in [2.24, 2.45) is 11.3 Å². The number of halogens is 2. The normalized spacial score (nSPS) is 24.7.